The van der Waals surface area contributed by atoms with Crippen molar-refractivity contribution in [3.63, 3.8) is 0 Å². The topological polar surface area (TPSA) is 47.3 Å². The van der Waals surface area contributed by atoms with Crippen LogP contribution in [0.1, 0.15) is 24.8 Å². The predicted octanol–water partition coefficient (Wildman–Crippen LogP) is 2.70. The maximum absolute atomic E-state index is 12.1. The van der Waals surface area contributed by atoms with Gasteiger partial charge >= 0.3 is 0 Å². The lowest BCUT2D eigenvalue weighted by Crippen LogP contribution is -2.25. The number of anilines is 2. The van der Waals surface area contributed by atoms with Crippen LogP contribution in [0.15, 0.2) is 30.9 Å². The molecule has 4 heteroatoms. The first-order chi connectivity index (χ1) is 10.2. The van der Waals surface area contributed by atoms with Crippen LogP contribution in [0.2, 0.25) is 0 Å². The minimum atomic E-state index is 0.109. The molecule has 0 aromatic heterocycles. The summed E-state index contributed by atoms with van der Waals surface area (Å²) in [4.78, 5) is 16.1. The van der Waals surface area contributed by atoms with Gasteiger partial charge in [0.05, 0.1) is 11.3 Å². The van der Waals surface area contributed by atoms with Crippen molar-refractivity contribution in [2.75, 3.05) is 29.4 Å². The van der Waals surface area contributed by atoms with Crippen molar-refractivity contribution in [3.05, 3.63) is 36.4 Å². The molecule has 21 heavy (non-hydrogen) atoms. The normalized spacial score (nSPS) is 21.7. The quantitative estimate of drug-likeness (QED) is 0.800. The van der Waals surface area contributed by atoms with Crippen LogP contribution in [0, 0.1) is 17.2 Å². The Morgan fingerprint density at radius 2 is 2.10 bits per heavy atom. The van der Waals surface area contributed by atoms with Crippen molar-refractivity contribution in [1.82, 2.24) is 0 Å². The standard InChI is InChI=1S/C17H19N3O/c1-2-13-9-17(21)20(12-13)15-5-6-16(14(10-15)11-18)19-7-3-4-8-19/h2,5-6,10,13H,1,3-4,7-9,12H2. The third-order valence-electron chi connectivity index (χ3n) is 4.35. The van der Waals surface area contributed by atoms with Crippen LogP contribution in [0.4, 0.5) is 11.4 Å². The Hall–Kier alpha value is -2.28. The number of benzene rings is 1. The van der Waals surface area contributed by atoms with Crippen LogP contribution in [-0.2, 0) is 4.79 Å². The third kappa shape index (κ3) is 2.52. The Kier molecular flexibility index (Phi) is 3.66. The van der Waals surface area contributed by atoms with Crippen LogP contribution < -0.4 is 9.80 Å². The molecule has 1 unspecified atom stereocenters. The van der Waals surface area contributed by atoms with E-state index in [1.165, 1.54) is 12.8 Å². The Morgan fingerprint density at radius 3 is 2.71 bits per heavy atom. The van der Waals surface area contributed by atoms with E-state index < -0.39 is 0 Å². The van der Waals surface area contributed by atoms with Crippen molar-refractivity contribution >= 4 is 17.3 Å². The molecular formula is C17H19N3O. The summed E-state index contributed by atoms with van der Waals surface area (Å²) in [5.41, 5.74) is 2.47. The van der Waals surface area contributed by atoms with E-state index in [2.05, 4.69) is 17.5 Å². The summed E-state index contributed by atoms with van der Waals surface area (Å²) in [6, 6.07) is 8.06. The highest BCUT2D eigenvalue weighted by Crippen LogP contribution is 2.31. The fourth-order valence-electron chi connectivity index (χ4n) is 3.16. The number of amides is 1. The molecule has 2 saturated heterocycles. The molecule has 0 radical (unpaired) electrons. The molecule has 1 aromatic carbocycles. The summed E-state index contributed by atoms with van der Waals surface area (Å²) in [6.45, 7) is 6.45. The molecule has 3 rings (SSSR count). The molecule has 0 N–H and O–H groups in total. The number of hydrogen-bond acceptors (Lipinski definition) is 3. The van der Waals surface area contributed by atoms with E-state index in [0.717, 1.165) is 24.5 Å². The molecule has 2 fully saturated rings. The second-order valence-electron chi connectivity index (χ2n) is 5.71. The first-order valence-corrected chi connectivity index (χ1v) is 7.45. The zero-order valence-electron chi connectivity index (χ0n) is 12.1. The van der Waals surface area contributed by atoms with Gasteiger partial charge in [0.1, 0.15) is 6.07 Å². The van der Waals surface area contributed by atoms with E-state index in [1.807, 2.05) is 24.3 Å². The number of carbonyl (C=O) groups is 1. The second-order valence-corrected chi connectivity index (χ2v) is 5.71. The van der Waals surface area contributed by atoms with Gasteiger partial charge in [0.25, 0.3) is 0 Å². The minimum Gasteiger partial charge on any atom is -0.370 e. The number of nitriles is 1. The molecule has 0 saturated carbocycles. The summed E-state index contributed by atoms with van der Waals surface area (Å²) in [7, 11) is 0. The van der Waals surface area contributed by atoms with E-state index in [-0.39, 0.29) is 11.8 Å². The van der Waals surface area contributed by atoms with E-state index >= 15 is 0 Å². The molecule has 2 heterocycles. The summed E-state index contributed by atoms with van der Waals surface area (Å²) in [6.07, 6.45) is 4.71. The summed E-state index contributed by atoms with van der Waals surface area (Å²) in [5, 5.41) is 9.41. The van der Waals surface area contributed by atoms with Gasteiger partial charge in [0.15, 0.2) is 0 Å². The molecule has 0 spiro atoms. The van der Waals surface area contributed by atoms with Crippen LogP contribution in [0.3, 0.4) is 0 Å². The Morgan fingerprint density at radius 1 is 1.33 bits per heavy atom. The van der Waals surface area contributed by atoms with Gasteiger partial charge in [-0.15, -0.1) is 6.58 Å². The smallest absolute Gasteiger partial charge is 0.227 e. The van der Waals surface area contributed by atoms with Crippen molar-refractivity contribution < 1.29 is 4.79 Å². The van der Waals surface area contributed by atoms with Crippen LogP contribution >= 0.6 is 0 Å². The minimum absolute atomic E-state index is 0.109. The average molecular weight is 281 g/mol. The number of nitrogens with zero attached hydrogens (tertiary/aromatic N) is 3. The fourth-order valence-corrected chi connectivity index (χ4v) is 3.16. The van der Waals surface area contributed by atoms with Gasteiger partial charge in [0, 0.05) is 37.7 Å². The van der Waals surface area contributed by atoms with Gasteiger partial charge in [-0.3, -0.25) is 4.79 Å². The lowest BCUT2D eigenvalue weighted by molar-refractivity contribution is -0.117. The van der Waals surface area contributed by atoms with Gasteiger partial charge in [-0.2, -0.15) is 5.26 Å². The van der Waals surface area contributed by atoms with Gasteiger partial charge in [0.2, 0.25) is 5.91 Å². The molecule has 108 valence electrons. The Bertz CT molecular complexity index is 611. The van der Waals surface area contributed by atoms with E-state index in [9.17, 15) is 10.1 Å². The molecule has 1 amide bonds. The zero-order chi connectivity index (χ0) is 14.8. The first-order valence-electron chi connectivity index (χ1n) is 7.45. The number of hydrogen-bond donors (Lipinski definition) is 0. The lowest BCUT2D eigenvalue weighted by atomic mass is 10.1. The van der Waals surface area contributed by atoms with Crippen LogP contribution in [-0.4, -0.2) is 25.5 Å². The van der Waals surface area contributed by atoms with Gasteiger partial charge < -0.3 is 9.80 Å². The highest BCUT2D eigenvalue weighted by Gasteiger charge is 2.29. The fraction of sp³-hybridized carbons (Fsp3) is 0.412. The first kappa shape index (κ1) is 13.7. The van der Waals surface area contributed by atoms with E-state index in [0.29, 0.717) is 18.5 Å². The zero-order valence-corrected chi connectivity index (χ0v) is 12.1. The van der Waals surface area contributed by atoms with Crippen molar-refractivity contribution in [2.45, 2.75) is 19.3 Å². The van der Waals surface area contributed by atoms with Crippen LogP contribution in [0.5, 0.6) is 0 Å². The summed E-state index contributed by atoms with van der Waals surface area (Å²) >= 11 is 0. The van der Waals surface area contributed by atoms with Gasteiger partial charge in [-0.25, -0.2) is 0 Å². The lowest BCUT2D eigenvalue weighted by Gasteiger charge is -2.22. The van der Waals surface area contributed by atoms with E-state index in [4.69, 9.17) is 0 Å². The summed E-state index contributed by atoms with van der Waals surface area (Å²) in [5.74, 6) is 0.319. The molecule has 0 aliphatic carbocycles. The molecule has 0 bridgehead atoms. The highest BCUT2D eigenvalue weighted by molar-refractivity contribution is 5.96. The summed E-state index contributed by atoms with van der Waals surface area (Å²) < 4.78 is 0. The number of carbonyl (C=O) groups excluding carboxylic acids is 1. The largest absolute Gasteiger partial charge is 0.370 e. The van der Waals surface area contributed by atoms with Gasteiger partial charge in [-0.05, 0) is 31.0 Å². The molecule has 2 aliphatic heterocycles. The van der Waals surface area contributed by atoms with Crippen molar-refractivity contribution in [1.29, 1.82) is 5.26 Å². The Labute approximate surface area is 125 Å². The molecule has 1 atom stereocenters. The highest BCUT2D eigenvalue weighted by atomic mass is 16.2. The maximum atomic E-state index is 12.1. The molecule has 2 aliphatic rings. The molecular weight excluding hydrogens is 262 g/mol. The van der Waals surface area contributed by atoms with Crippen molar-refractivity contribution in [3.8, 4) is 6.07 Å². The average Bonchev–Trinajstić information content (AvgIpc) is 3.16. The van der Waals surface area contributed by atoms with Crippen LogP contribution in [0.25, 0.3) is 0 Å². The Balaban J connectivity index is 1.89. The number of rotatable bonds is 3. The van der Waals surface area contributed by atoms with Gasteiger partial charge in [-0.1, -0.05) is 6.08 Å². The molecule has 4 nitrogen and oxygen atoms in total. The SMILES string of the molecule is C=CC1CC(=O)N(c2ccc(N3CCCC3)c(C#N)c2)C1. The van der Waals surface area contributed by atoms with Crippen molar-refractivity contribution in [2.24, 2.45) is 5.92 Å². The second kappa shape index (κ2) is 5.61. The molecule has 1 aromatic rings. The van der Waals surface area contributed by atoms with E-state index in [1.54, 1.807) is 4.90 Å². The maximum Gasteiger partial charge on any atom is 0.227 e. The predicted molar refractivity (Wildman–Crippen MR) is 83.3 cm³/mol. The third-order valence-corrected chi connectivity index (χ3v) is 4.35. The monoisotopic (exact) mass is 281 g/mol.